The monoisotopic (exact) mass is 253 g/mol. The molecule has 0 heterocycles. The van der Waals surface area contributed by atoms with Gasteiger partial charge in [-0.1, -0.05) is 6.07 Å². The topological polar surface area (TPSA) is 81.6 Å². The molecule has 0 atom stereocenters. The summed E-state index contributed by atoms with van der Waals surface area (Å²) in [4.78, 5) is 12.5. The lowest BCUT2D eigenvalue weighted by Gasteiger charge is -2.10. The van der Waals surface area contributed by atoms with Crippen LogP contribution in [-0.4, -0.2) is 37.1 Å². The highest BCUT2D eigenvalue weighted by Gasteiger charge is 2.15. The fourth-order valence-electron chi connectivity index (χ4n) is 1.52. The highest BCUT2D eigenvalue weighted by Crippen LogP contribution is 2.27. The molecule has 0 unspecified atom stereocenters. The normalized spacial score (nSPS) is 10.7. The minimum atomic E-state index is -0.444. The largest absolute Gasteiger partial charge is 0.487 e. The molecule has 6 nitrogen and oxygen atoms in total. The van der Waals surface area contributed by atoms with E-state index >= 15 is 0 Å². The van der Waals surface area contributed by atoms with E-state index in [1.165, 1.54) is 6.07 Å². The van der Waals surface area contributed by atoms with Crippen LogP contribution in [-0.2, 0) is 6.54 Å². The van der Waals surface area contributed by atoms with E-state index in [0.29, 0.717) is 12.4 Å². The highest BCUT2D eigenvalue weighted by atomic mass is 16.6. The number of hydrogen-bond donors (Lipinski definition) is 1. The molecule has 0 bridgehead atoms. The van der Waals surface area contributed by atoms with E-state index in [4.69, 9.17) is 10.5 Å². The van der Waals surface area contributed by atoms with E-state index in [9.17, 15) is 10.1 Å². The Kier molecular flexibility index (Phi) is 5.54. The second kappa shape index (κ2) is 6.93. The van der Waals surface area contributed by atoms with Gasteiger partial charge < -0.3 is 15.4 Å². The molecule has 2 N–H and O–H groups in total. The third-order valence-corrected chi connectivity index (χ3v) is 2.46. The SMILES string of the molecule is CN(C)CCCOc1ccc(CN)cc1[N+](=O)[O-]. The molecule has 0 saturated carbocycles. The van der Waals surface area contributed by atoms with Gasteiger partial charge in [-0.15, -0.1) is 0 Å². The summed E-state index contributed by atoms with van der Waals surface area (Å²) in [5, 5.41) is 10.9. The summed E-state index contributed by atoms with van der Waals surface area (Å²) in [5.41, 5.74) is 6.15. The van der Waals surface area contributed by atoms with Gasteiger partial charge in [0.05, 0.1) is 11.5 Å². The van der Waals surface area contributed by atoms with Crippen molar-refractivity contribution in [3.63, 3.8) is 0 Å². The van der Waals surface area contributed by atoms with Crippen LogP contribution in [0.5, 0.6) is 5.75 Å². The van der Waals surface area contributed by atoms with Crippen LogP contribution in [0.3, 0.4) is 0 Å². The van der Waals surface area contributed by atoms with E-state index in [1.54, 1.807) is 12.1 Å². The van der Waals surface area contributed by atoms with Crippen molar-refractivity contribution in [3.05, 3.63) is 33.9 Å². The second-order valence-electron chi connectivity index (χ2n) is 4.27. The number of nitro benzene ring substituents is 1. The fourth-order valence-corrected chi connectivity index (χ4v) is 1.52. The lowest BCUT2D eigenvalue weighted by atomic mass is 10.2. The summed E-state index contributed by atoms with van der Waals surface area (Å²) in [6.45, 7) is 1.62. The molecule has 1 aromatic carbocycles. The summed E-state index contributed by atoms with van der Waals surface area (Å²) < 4.78 is 5.44. The Balaban J connectivity index is 2.67. The molecule has 0 saturated heterocycles. The Morgan fingerprint density at radius 2 is 2.17 bits per heavy atom. The third kappa shape index (κ3) is 4.31. The van der Waals surface area contributed by atoms with Crippen LogP contribution in [0.4, 0.5) is 5.69 Å². The average molecular weight is 253 g/mol. The van der Waals surface area contributed by atoms with Crippen molar-refractivity contribution in [2.24, 2.45) is 5.73 Å². The van der Waals surface area contributed by atoms with Crippen molar-refractivity contribution < 1.29 is 9.66 Å². The Labute approximate surface area is 106 Å². The first-order valence-corrected chi connectivity index (χ1v) is 5.79. The van der Waals surface area contributed by atoms with Gasteiger partial charge in [0.2, 0.25) is 0 Å². The Morgan fingerprint density at radius 3 is 2.72 bits per heavy atom. The quantitative estimate of drug-likeness (QED) is 0.451. The molecule has 0 aliphatic heterocycles. The minimum Gasteiger partial charge on any atom is -0.487 e. The zero-order chi connectivity index (χ0) is 13.5. The lowest BCUT2D eigenvalue weighted by molar-refractivity contribution is -0.385. The summed E-state index contributed by atoms with van der Waals surface area (Å²) >= 11 is 0. The maximum atomic E-state index is 10.9. The highest BCUT2D eigenvalue weighted by molar-refractivity contribution is 5.48. The van der Waals surface area contributed by atoms with E-state index in [-0.39, 0.29) is 12.2 Å². The van der Waals surface area contributed by atoms with Gasteiger partial charge in [0.15, 0.2) is 5.75 Å². The molecule has 100 valence electrons. The molecule has 0 aliphatic carbocycles. The molecule has 0 aromatic heterocycles. The molecule has 0 radical (unpaired) electrons. The van der Waals surface area contributed by atoms with Crippen LogP contribution < -0.4 is 10.5 Å². The minimum absolute atomic E-state index is 0.0252. The van der Waals surface area contributed by atoms with Gasteiger partial charge in [0, 0.05) is 19.2 Å². The fraction of sp³-hybridized carbons (Fsp3) is 0.500. The van der Waals surface area contributed by atoms with Gasteiger partial charge in [0.25, 0.3) is 0 Å². The van der Waals surface area contributed by atoms with Gasteiger partial charge in [-0.2, -0.15) is 0 Å². The van der Waals surface area contributed by atoms with E-state index in [2.05, 4.69) is 0 Å². The number of nitrogens with two attached hydrogens (primary N) is 1. The number of benzene rings is 1. The Hall–Kier alpha value is -1.66. The molecule has 18 heavy (non-hydrogen) atoms. The first-order valence-electron chi connectivity index (χ1n) is 5.79. The zero-order valence-electron chi connectivity index (χ0n) is 10.8. The molecular weight excluding hydrogens is 234 g/mol. The number of nitro groups is 1. The Morgan fingerprint density at radius 1 is 1.44 bits per heavy atom. The maximum absolute atomic E-state index is 10.9. The molecular formula is C12H19N3O3. The van der Waals surface area contributed by atoms with Gasteiger partial charge in [-0.3, -0.25) is 10.1 Å². The number of nitrogens with zero attached hydrogens (tertiary/aromatic N) is 2. The molecule has 1 aromatic rings. The van der Waals surface area contributed by atoms with Crippen molar-refractivity contribution in [2.45, 2.75) is 13.0 Å². The van der Waals surface area contributed by atoms with E-state index < -0.39 is 4.92 Å². The van der Waals surface area contributed by atoms with Gasteiger partial charge in [0.1, 0.15) is 0 Å². The van der Waals surface area contributed by atoms with Crippen LogP contribution in [0.15, 0.2) is 18.2 Å². The number of ether oxygens (including phenoxy) is 1. The van der Waals surface area contributed by atoms with Gasteiger partial charge >= 0.3 is 5.69 Å². The Bertz CT molecular complexity index is 408. The molecule has 0 aliphatic rings. The first kappa shape index (κ1) is 14.4. The molecule has 1 rings (SSSR count). The van der Waals surface area contributed by atoms with Crippen molar-refractivity contribution in [2.75, 3.05) is 27.2 Å². The summed E-state index contributed by atoms with van der Waals surface area (Å²) in [7, 11) is 3.94. The van der Waals surface area contributed by atoms with Gasteiger partial charge in [-0.25, -0.2) is 0 Å². The van der Waals surface area contributed by atoms with Crippen LogP contribution in [0.25, 0.3) is 0 Å². The molecule has 0 spiro atoms. The summed E-state index contributed by atoms with van der Waals surface area (Å²) in [6, 6.07) is 4.81. The molecule has 6 heteroatoms. The van der Waals surface area contributed by atoms with E-state index in [1.807, 2.05) is 19.0 Å². The van der Waals surface area contributed by atoms with E-state index in [0.717, 1.165) is 18.5 Å². The van der Waals surface area contributed by atoms with Gasteiger partial charge in [-0.05, 0) is 32.1 Å². The smallest absolute Gasteiger partial charge is 0.311 e. The maximum Gasteiger partial charge on any atom is 0.311 e. The summed E-state index contributed by atoms with van der Waals surface area (Å²) in [5.74, 6) is 0.302. The number of hydrogen-bond acceptors (Lipinski definition) is 5. The van der Waals surface area contributed by atoms with Crippen LogP contribution >= 0.6 is 0 Å². The van der Waals surface area contributed by atoms with Crippen LogP contribution in [0.1, 0.15) is 12.0 Å². The van der Waals surface area contributed by atoms with Crippen LogP contribution in [0.2, 0.25) is 0 Å². The third-order valence-electron chi connectivity index (χ3n) is 2.46. The molecule has 0 amide bonds. The van der Waals surface area contributed by atoms with Crippen molar-refractivity contribution in [3.8, 4) is 5.75 Å². The molecule has 0 fully saturated rings. The van der Waals surface area contributed by atoms with Crippen molar-refractivity contribution in [1.82, 2.24) is 4.90 Å². The predicted molar refractivity (Wildman–Crippen MR) is 69.7 cm³/mol. The first-order chi connectivity index (χ1) is 8.54. The second-order valence-corrected chi connectivity index (χ2v) is 4.27. The standard InChI is InChI=1S/C12H19N3O3/c1-14(2)6-3-7-18-12-5-4-10(9-13)8-11(12)15(16)17/h4-5,8H,3,6-7,9,13H2,1-2H3. The van der Waals surface area contributed by atoms with Crippen molar-refractivity contribution >= 4 is 5.69 Å². The van der Waals surface area contributed by atoms with Crippen LogP contribution in [0, 0.1) is 10.1 Å². The average Bonchev–Trinajstić information content (AvgIpc) is 2.34. The number of rotatable bonds is 7. The zero-order valence-corrected chi connectivity index (χ0v) is 10.8. The summed E-state index contributed by atoms with van der Waals surface area (Å²) in [6.07, 6.45) is 0.822. The lowest BCUT2D eigenvalue weighted by Crippen LogP contribution is -2.15. The predicted octanol–water partition coefficient (Wildman–Crippen LogP) is 1.38. The van der Waals surface area contributed by atoms with Crippen molar-refractivity contribution in [1.29, 1.82) is 0 Å².